The van der Waals surface area contributed by atoms with E-state index in [9.17, 15) is 0 Å². The Labute approximate surface area is 136 Å². The quantitative estimate of drug-likeness (QED) is 0.248. The Balaban J connectivity index is 3.10. The van der Waals surface area contributed by atoms with Crippen LogP contribution in [0.1, 0.15) is 53.9 Å². The molecule has 1 nitrogen and oxygen atoms in total. The van der Waals surface area contributed by atoms with E-state index >= 15 is 0 Å². The minimum atomic E-state index is 0.160. The molecule has 1 rings (SSSR count). The van der Waals surface area contributed by atoms with Crippen molar-refractivity contribution >= 4 is 5.71 Å². The SMILES string of the molecule is C=C/C(C#CC)=C\C=C(/C)C(/N=C(\C)C1CC1)C(=CC)CC. The fourth-order valence-corrected chi connectivity index (χ4v) is 2.46. The summed E-state index contributed by atoms with van der Waals surface area (Å²) >= 11 is 0. The molecule has 0 N–H and O–H groups in total. The van der Waals surface area contributed by atoms with Gasteiger partial charge in [0.25, 0.3) is 0 Å². The molecule has 0 aromatic heterocycles. The average molecular weight is 295 g/mol. The Morgan fingerprint density at radius 3 is 2.45 bits per heavy atom. The van der Waals surface area contributed by atoms with Crippen molar-refractivity contribution in [2.45, 2.75) is 59.9 Å². The lowest BCUT2D eigenvalue weighted by atomic mass is 9.97. The number of allylic oxidation sites excluding steroid dienone is 5. The van der Waals surface area contributed by atoms with E-state index in [0.29, 0.717) is 0 Å². The third kappa shape index (κ3) is 5.53. The zero-order chi connectivity index (χ0) is 16.5. The molecule has 0 amide bonds. The molecule has 1 unspecified atom stereocenters. The van der Waals surface area contributed by atoms with Crippen molar-refractivity contribution < 1.29 is 0 Å². The van der Waals surface area contributed by atoms with Crippen molar-refractivity contribution in [2.24, 2.45) is 10.9 Å². The number of hydrogen-bond acceptors (Lipinski definition) is 1. The molecule has 0 radical (unpaired) electrons. The van der Waals surface area contributed by atoms with Crippen LogP contribution >= 0.6 is 0 Å². The summed E-state index contributed by atoms with van der Waals surface area (Å²) in [6.07, 6.45) is 11.8. The van der Waals surface area contributed by atoms with Crippen LogP contribution in [0.3, 0.4) is 0 Å². The first-order valence-electron chi connectivity index (χ1n) is 8.20. The Hall–Kier alpha value is -1.81. The summed E-state index contributed by atoms with van der Waals surface area (Å²) in [4.78, 5) is 5.02. The first-order chi connectivity index (χ1) is 10.6. The van der Waals surface area contributed by atoms with E-state index in [4.69, 9.17) is 4.99 Å². The first-order valence-corrected chi connectivity index (χ1v) is 8.20. The molecule has 0 spiro atoms. The molecule has 0 saturated heterocycles. The molecule has 118 valence electrons. The van der Waals surface area contributed by atoms with Gasteiger partial charge >= 0.3 is 0 Å². The van der Waals surface area contributed by atoms with Crippen LogP contribution in [0, 0.1) is 17.8 Å². The second kappa shape index (κ2) is 9.26. The zero-order valence-electron chi connectivity index (χ0n) is 14.7. The van der Waals surface area contributed by atoms with Crippen molar-refractivity contribution in [3.8, 4) is 11.8 Å². The molecule has 1 saturated carbocycles. The highest BCUT2D eigenvalue weighted by Crippen LogP contribution is 2.32. The fraction of sp³-hybridized carbons (Fsp3) is 0.476. The van der Waals surface area contributed by atoms with Crippen molar-refractivity contribution in [1.29, 1.82) is 0 Å². The van der Waals surface area contributed by atoms with Gasteiger partial charge in [0.2, 0.25) is 0 Å². The van der Waals surface area contributed by atoms with Crippen LogP contribution in [-0.2, 0) is 0 Å². The number of aliphatic imine (C=N–C) groups is 1. The Kier molecular flexibility index (Phi) is 7.67. The molecular weight excluding hydrogens is 266 g/mol. The highest BCUT2D eigenvalue weighted by Gasteiger charge is 2.25. The van der Waals surface area contributed by atoms with Gasteiger partial charge in [0, 0.05) is 11.3 Å². The number of nitrogens with zero attached hydrogens (tertiary/aromatic N) is 1. The highest BCUT2D eigenvalue weighted by atomic mass is 14.8. The smallest absolute Gasteiger partial charge is 0.0919 e. The molecule has 1 fully saturated rings. The molecule has 0 aromatic carbocycles. The van der Waals surface area contributed by atoms with Gasteiger partial charge in [-0.05, 0) is 70.1 Å². The standard InChI is InChI=1S/C21H29N/c1-7-11-18(8-2)13-12-16(5)21(19(9-3)10-4)22-17(6)20-14-15-20/h8-9,12-13,20-21H,2,10,14-15H2,1,3-6H3/b16-12+,18-13+,19-9?,22-17+. The van der Waals surface area contributed by atoms with E-state index < -0.39 is 0 Å². The normalized spacial score (nSPS) is 18.6. The Morgan fingerprint density at radius 1 is 1.32 bits per heavy atom. The lowest BCUT2D eigenvalue weighted by Gasteiger charge is -2.17. The van der Waals surface area contributed by atoms with Gasteiger partial charge in [0.1, 0.15) is 0 Å². The molecule has 1 heteroatoms. The topological polar surface area (TPSA) is 12.4 Å². The molecule has 1 aliphatic rings. The van der Waals surface area contributed by atoms with E-state index in [0.717, 1.165) is 17.9 Å². The van der Waals surface area contributed by atoms with Crippen LogP contribution < -0.4 is 0 Å². The van der Waals surface area contributed by atoms with E-state index in [1.54, 1.807) is 6.08 Å². The minimum absolute atomic E-state index is 0.160. The third-order valence-electron chi connectivity index (χ3n) is 4.08. The van der Waals surface area contributed by atoms with Crippen LogP contribution in [-0.4, -0.2) is 11.8 Å². The second-order valence-corrected chi connectivity index (χ2v) is 5.78. The summed E-state index contributed by atoms with van der Waals surface area (Å²) < 4.78 is 0. The van der Waals surface area contributed by atoms with Gasteiger partial charge < -0.3 is 0 Å². The van der Waals surface area contributed by atoms with Crippen LogP contribution in [0.15, 0.2) is 52.6 Å². The zero-order valence-corrected chi connectivity index (χ0v) is 14.7. The molecule has 22 heavy (non-hydrogen) atoms. The van der Waals surface area contributed by atoms with Gasteiger partial charge in [-0.3, -0.25) is 4.99 Å². The maximum Gasteiger partial charge on any atom is 0.0919 e. The van der Waals surface area contributed by atoms with Crippen LogP contribution in [0.5, 0.6) is 0 Å². The van der Waals surface area contributed by atoms with Gasteiger partial charge in [0.05, 0.1) is 6.04 Å². The maximum atomic E-state index is 5.02. The average Bonchev–Trinajstić information content (AvgIpc) is 3.35. The van der Waals surface area contributed by atoms with Gasteiger partial charge in [-0.25, -0.2) is 0 Å². The van der Waals surface area contributed by atoms with E-state index in [2.05, 4.69) is 58.3 Å². The van der Waals surface area contributed by atoms with E-state index in [1.165, 1.54) is 29.7 Å². The lowest BCUT2D eigenvalue weighted by Crippen LogP contribution is -2.13. The van der Waals surface area contributed by atoms with Crippen molar-refractivity contribution in [3.63, 3.8) is 0 Å². The summed E-state index contributed by atoms with van der Waals surface area (Å²) in [5, 5.41) is 0. The van der Waals surface area contributed by atoms with Crippen LogP contribution in [0.4, 0.5) is 0 Å². The van der Waals surface area contributed by atoms with Crippen LogP contribution in [0.25, 0.3) is 0 Å². The molecule has 0 heterocycles. The largest absolute Gasteiger partial charge is 0.282 e. The van der Waals surface area contributed by atoms with E-state index in [1.807, 2.05) is 13.0 Å². The minimum Gasteiger partial charge on any atom is -0.282 e. The second-order valence-electron chi connectivity index (χ2n) is 5.78. The highest BCUT2D eigenvalue weighted by molar-refractivity contribution is 5.86. The summed E-state index contributed by atoms with van der Waals surface area (Å²) in [6.45, 7) is 14.3. The van der Waals surface area contributed by atoms with Gasteiger partial charge in [-0.15, -0.1) is 5.92 Å². The molecule has 0 aliphatic heterocycles. The van der Waals surface area contributed by atoms with Crippen molar-refractivity contribution in [1.82, 2.24) is 0 Å². The summed E-state index contributed by atoms with van der Waals surface area (Å²) in [5.41, 5.74) is 4.88. The predicted molar refractivity (Wildman–Crippen MR) is 99.2 cm³/mol. The summed E-state index contributed by atoms with van der Waals surface area (Å²) in [5.74, 6) is 6.68. The molecular formula is C21H29N. The number of rotatable bonds is 7. The predicted octanol–water partition coefficient (Wildman–Crippen LogP) is 5.66. The van der Waals surface area contributed by atoms with Crippen molar-refractivity contribution in [3.05, 3.63) is 47.6 Å². The third-order valence-corrected chi connectivity index (χ3v) is 4.08. The summed E-state index contributed by atoms with van der Waals surface area (Å²) in [6, 6.07) is 0.160. The van der Waals surface area contributed by atoms with E-state index in [-0.39, 0.29) is 6.04 Å². The monoisotopic (exact) mass is 295 g/mol. The first kappa shape index (κ1) is 18.2. The maximum absolute atomic E-state index is 5.02. The molecule has 1 atom stereocenters. The van der Waals surface area contributed by atoms with Gasteiger partial charge in [-0.2, -0.15) is 0 Å². The summed E-state index contributed by atoms with van der Waals surface area (Å²) in [7, 11) is 0. The molecule has 0 bridgehead atoms. The Bertz CT molecular complexity index is 569. The molecule has 0 aromatic rings. The Morgan fingerprint density at radius 2 is 2.00 bits per heavy atom. The fourth-order valence-electron chi connectivity index (χ4n) is 2.46. The van der Waals surface area contributed by atoms with Crippen molar-refractivity contribution in [2.75, 3.05) is 0 Å². The van der Waals surface area contributed by atoms with Crippen LogP contribution in [0.2, 0.25) is 0 Å². The molecule has 1 aliphatic carbocycles. The number of hydrogen-bond donors (Lipinski definition) is 0. The van der Waals surface area contributed by atoms with Gasteiger partial charge in [-0.1, -0.05) is 37.7 Å². The lowest BCUT2D eigenvalue weighted by molar-refractivity contribution is 0.826. The van der Waals surface area contributed by atoms with Gasteiger partial charge in [0.15, 0.2) is 0 Å².